The van der Waals surface area contributed by atoms with E-state index in [4.69, 9.17) is 14.6 Å². The first-order valence-electron chi connectivity index (χ1n) is 5.20. The normalized spacial score (nSPS) is 10.0. The molecule has 0 saturated heterocycles. The molecule has 0 radical (unpaired) electrons. The van der Waals surface area contributed by atoms with Gasteiger partial charge in [-0.3, -0.25) is 9.78 Å². The number of ether oxygens (including phenoxy) is 2. The number of methoxy groups -OCH3 is 1. The molecular formula is C11H16N2O4. The fraction of sp³-hybridized carbons (Fsp3) is 0.455. The first-order chi connectivity index (χ1) is 8.26. The molecule has 1 amide bonds. The molecular weight excluding hydrogens is 224 g/mol. The van der Waals surface area contributed by atoms with Crippen molar-refractivity contribution in [1.82, 2.24) is 10.3 Å². The molecule has 0 saturated carbocycles. The van der Waals surface area contributed by atoms with Crippen molar-refractivity contribution in [2.24, 2.45) is 0 Å². The fourth-order valence-corrected chi connectivity index (χ4v) is 1.08. The third-order valence-corrected chi connectivity index (χ3v) is 1.96. The average Bonchev–Trinajstić information content (AvgIpc) is 2.37. The predicted octanol–water partition coefficient (Wildman–Crippen LogP) is -0.285. The van der Waals surface area contributed by atoms with Gasteiger partial charge in [0, 0.05) is 13.7 Å². The largest absolute Gasteiger partial charge is 0.482 e. The topological polar surface area (TPSA) is 80.7 Å². The van der Waals surface area contributed by atoms with Crippen LogP contribution in [0, 0.1) is 0 Å². The van der Waals surface area contributed by atoms with Crippen LogP contribution in [0.5, 0.6) is 5.75 Å². The highest BCUT2D eigenvalue weighted by atomic mass is 16.5. The molecule has 2 N–H and O–H groups in total. The summed E-state index contributed by atoms with van der Waals surface area (Å²) in [5.41, 5.74) is 0.557. The van der Waals surface area contributed by atoms with Gasteiger partial charge in [-0.05, 0) is 12.1 Å². The molecule has 0 aliphatic carbocycles. The molecule has 0 aliphatic rings. The number of hydrogen-bond acceptors (Lipinski definition) is 5. The number of aliphatic hydroxyl groups excluding tert-OH is 1. The number of rotatable bonds is 7. The van der Waals surface area contributed by atoms with Crippen LogP contribution in [-0.2, 0) is 16.1 Å². The Kier molecular flexibility index (Phi) is 5.98. The van der Waals surface area contributed by atoms with Crippen LogP contribution in [-0.4, -0.2) is 42.9 Å². The lowest BCUT2D eigenvalue weighted by molar-refractivity contribution is -0.123. The lowest BCUT2D eigenvalue weighted by atomic mass is 10.3. The summed E-state index contributed by atoms with van der Waals surface area (Å²) in [6.45, 7) is 0.751. The monoisotopic (exact) mass is 240 g/mol. The standard InChI is InChI=1S/C11H16N2O4/c1-16-5-4-12-11(15)8-17-10-3-2-9(7-14)13-6-10/h2-3,6,14H,4-5,7-8H2,1H3,(H,12,15). The molecule has 0 aromatic carbocycles. The molecule has 0 aliphatic heterocycles. The number of nitrogens with zero attached hydrogens (tertiary/aromatic N) is 1. The number of carbonyl (C=O) groups excluding carboxylic acids is 1. The average molecular weight is 240 g/mol. The van der Waals surface area contributed by atoms with Crippen molar-refractivity contribution in [3.63, 3.8) is 0 Å². The Morgan fingerprint density at radius 3 is 2.94 bits per heavy atom. The van der Waals surface area contributed by atoms with Crippen LogP contribution in [0.15, 0.2) is 18.3 Å². The van der Waals surface area contributed by atoms with Crippen LogP contribution < -0.4 is 10.1 Å². The van der Waals surface area contributed by atoms with Gasteiger partial charge in [0.2, 0.25) is 0 Å². The van der Waals surface area contributed by atoms with Gasteiger partial charge >= 0.3 is 0 Å². The summed E-state index contributed by atoms with van der Waals surface area (Å²) in [6, 6.07) is 3.29. The van der Waals surface area contributed by atoms with Crippen LogP contribution in [0.1, 0.15) is 5.69 Å². The van der Waals surface area contributed by atoms with Gasteiger partial charge in [-0.2, -0.15) is 0 Å². The van der Waals surface area contributed by atoms with Gasteiger partial charge in [0.15, 0.2) is 6.61 Å². The van der Waals surface area contributed by atoms with E-state index < -0.39 is 0 Å². The first-order valence-corrected chi connectivity index (χ1v) is 5.20. The van der Waals surface area contributed by atoms with Crippen LogP contribution in [0.2, 0.25) is 0 Å². The first kappa shape index (κ1) is 13.4. The number of carbonyl (C=O) groups is 1. The van der Waals surface area contributed by atoms with Crippen LogP contribution >= 0.6 is 0 Å². The Bertz CT molecular complexity index is 340. The maximum Gasteiger partial charge on any atom is 0.258 e. The summed E-state index contributed by atoms with van der Waals surface area (Å²) in [4.78, 5) is 15.2. The molecule has 0 fully saturated rings. The van der Waals surface area contributed by atoms with E-state index in [-0.39, 0.29) is 19.1 Å². The minimum Gasteiger partial charge on any atom is -0.482 e. The van der Waals surface area contributed by atoms with Gasteiger partial charge in [0.1, 0.15) is 5.75 Å². The third-order valence-electron chi connectivity index (χ3n) is 1.96. The minimum absolute atomic E-state index is 0.0656. The lowest BCUT2D eigenvalue weighted by Crippen LogP contribution is -2.31. The maximum atomic E-state index is 11.3. The smallest absolute Gasteiger partial charge is 0.258 e. The van der Waals surface area contributed by atoms with E-state index in [0.717, 1.165) is 0 Å². The van der Waals surface area contributed by atoms with E-state index in [0.29, 0.717) is 24.6 Å². The number of aliphatic hydroxyl groups is 1. The van der Waals surface area contributed by atoms with E-state index in [9.17, 15) is 4.79 Å². The summed E-state index contributed by atoms with van der Waals surface area (Å²) in [5.74, 6) is 0.275. The van der Waals surface area contributed by atoms with Gasteiger partial charge in [-0.15, -0.1) is 0 Å². The number of nitrogens with one attached hydrogen (secondary N) is 1. The van der Waals surface area contributed by atoms with Crippen molar-refractivity contribution >= 4 is 5.91 Å². The summed E-state index contributed by atoms with van der Waals surface area (Å²) in [6.07, 6.45) is 1.47. The van der Waals surface area contributed by atoms with Gasteiger partial charge < -0.3 is 19.9 Å². The predicted molar refractivity (Wildman–Crippen MR) is 60.5 cm³/mol. The van der Waals surface area contributed by atoms with E-state index >= 15 is 0 Å². The van der Waals surface area contributed by atoms with Crippen LogP contribution in [0.3, 0.4) is 0 Å². The van der Waals surface area contributed by atoms with Crippen LogP contribution in [0.4, 0.5) is 0 Å². The number of hydrogen-bond donors (Lipinski definition) is 2. The molecule has 1 heterocycles. The van der Waals surface area contributed by atoms with Crippen molar-refractivity contribution < 1.29 is 19.4 Å². The van der Waals surface area contributed by atoms with Crippen molar-refractivity contribution in [2.75, 3.05) is 26.9 Å². The second kappa shape index (κ2) is 7.59. The Morgan fingerprint density at radius 2 is 2.35 bits per heavy atom. The maximum absolute atomic E-state index is 11.3. The zero-order valence-corrected chi connectivity index (χ0v) is 9.68. The molecule has 6 heteroatoms. The van der Waals surface area contributed by atoms with Crippen LogP contribution in [0.25, 0.3) is 0 Å². The van der Waals surface area contributed by atoms with E-state index in [1.54, 1.807) is 19.2 Å². The molecule has 1 rings (SSSR count). The molecule has 0 spiro atoms. The summed E-state index contributed by atoms with van der Waals surface area (Å²) >= 11 is 0. The zero-order chi connectivity index (χ0) is 12.5. The molecule has 0 bridgehead atoms. The number of amides is 1. The quantitative estimate of drug-likeness (QED) is 0.640. The summed E-state index contributed by atoms with van der Waals surface area (Å²) in [7, 11) is 1.57. The van der Waals surface area contributed by atoms with Gasteiger partial charge in [0.25, 0.3) is 5.91 Å². The van der Waals surface area contributed by atoms with Crippen molar-refractivity contribution in [1.29, 1.82) is 0 Å². The summed E-state index contributed by atoms with van der Waals surface area (Å²) in [5, 5.41) is 11.4. The molecule has 1 aromatic heterocycles. The SMILES string of the molecule is COCCNC(=O)COc1ccc(CO)nc1. The lowest BCUT2D eigenvalue weighted by Gasteiger charge is -2.07. The summed E-state index contributed by atoms with van der Waals surface area (Å²) < 4.78 is 9.99. The Labute approximate surface area is 99.6 Å². The van der Waals surface area contributed by atoms with Crippen molar-refractivity contribution in [2.45, 2.75) is 6.61 Å². The minimum atomic E-state index is -0.215. The Hall–Kier alpha value is -1.66. The zero-order valence-electron chi connectivity index (χ0n) is 9.68. The number of aromatic nitrogens is 1. The van der Waals surface area contributed by atoms with E-state index in [1.165, 1.54) is 6.20 Å². The van der Waals surface area contributed by atoms with Crippen molar-refractivity contribution in [3.05, 3.63) is 24.0 Å². The van der Waals surface area contributed by atoms with Crippen molar-refractivity contribution in [3.8, 4) is 5.75 Å². The van der Waals surface area contributed by atoms with E-state index in [2.05, 4.69) is 10.3 Å². The third kappa shape index (κ3) is 5.28. The second-order valence-electron chi connectivity index (χ2n) is 3.27. The van der Waals surface area contributed by atoms with Gasteiger partial charge in [-0.1, -0.05) is 0 Å². The highest BCUT2D eigenvalue weighted by Gasteiger charge is 2.02. The molecule has 6 nitrogen and oxygen atoms in total. The highest BCUT2D eigenvalue weighted by molar-refractivity contribution is 5.77. The Morgan fingerprint density at radius 1 is 1.53 bits per heavy atom. The fourth-order valence-electron chi connectivity index (χ4n) is 1.08. The Balaban J connectivity index is 2.27. The van der Waals surface area contributed by atoms with E-state index in [1.807, 2.05) is 0 Å². The van der Waals surface area contributed by atoms with Gasteiger partial charge in [-0.25, -0.2) is 0 Å². The van der Waals surface area contributed by atoms with Gasteiger partial charge in [0.05, 0.1) is 25.1 Å². The molecule has 1 aromatic rings. The second-order valence-corrected chi connectivity index (χ2v) is 3.27. The molecule has 17 heavy (non-hydrogen) atoms. The molecule has 0 unspecified atom stereocenters. The molecule has 94 valence electrons. The highest BCUT2D eigenvalue weighted by Crippen LogP contribution is 2.08. The number of pyridine rings is 1. The molecule has 0 atom stereocenters.